The number of benzene rings is 1. The van der Waals surface area contributed by atoms with Crippen LogP contribution in [0.2, 0.25) is 0 Å². The van der Waals surface area contributed by atoms with E-state index < -0.39 is 0 Å². The van der Waals surface area contributed by atoms with Crippen molar-refractivity contribution in [1.29, 1.82) is 0 Å². The van der Waals surface area contributed by atoms with Crippen molar-refractivity contribution >= 4 is 16.7 Å². The van der Waals surface area contributed by atoms with Crippen LogP contribution in [-0.2, 0) is 6.54 Å². The van der Waals surface area contributed by atoms with Crippen molar-refractivity contribution in [2.24, 2.45) is 5.92 Å². The van der Waals surface area contributed by atoms with Crippen LogP contribution in [0, 0.1) is 5.92 Å². The summed E-state index contributed by atoms with van der Waals surface area (Å²) in [7, 11) is 0. The van der Waals surface area contributed by atoms with E-state index in [1.807, 2.05) is 39.8 Å². The minimum Gasteiger partial charge on any atom is -0.348 e. The van der Waals surface area contributed by atoms with Gasteiger partial charge in [-0.2, -0.15) is 5.10 Å². The average molecular weight is 315 g/mol. The first-order chi connectivity index (χ1) is 11.0. The maximum atomic E-state index is 12.6. The fourth-order valence-corrected chi connectivity index (χ4v) is 2.62. The average Bonchev–Trinajstić information content (AvgIpc) is 2.54. The van der Waals surface area contributed by atoms with Crippen molar-refractivity contribution in [3.8, 4) is 0 Å². The number of carbonyl (C=O) groups is 1. The third kappa shape index (κ3) is 3.78. The van der Waals surface area contributed by atoms with Crippen LogP contribution < -0.4 is 10.9 Å². The normalized spacial score (nSPS) is 11.4. The van der Waals surface area contributed by atoms with E-state index in [0.717, 1.165) is 12.8 Å². The maximum absolute atomic E-state index is 12.6. The van der Waals surface area contributed by atoms with Crippen LogP contribution in [0.3, 0.4) is 0 Å². The molecule has 1 aromatic heterocycles. The van der Waals surface area contributed by atoms with Crippen molar-refractivity contribution in [2.45, 2.75) is 53.1 Å². The zero-order chi connectivity index (χ0) is 17.0. The van der Waals surface area contributed by atoms with Crippen molar-refractivity contribution in [3.05, 3.63) is 40.3 Å². The molecule has 124 valence electrons. The molecule has 5 heteroatoms. The van der Waals surface area contributed by atoms with Crippen LogP contribution in [0.5, 0.6) is 0 Å². The summed E-state index contributed by atoms with van der Waals surface area (Å²) < 4.78 is 1.41. The highest BCUT2D eigenvalue weighted by Gasteiger charge is 2.18. The van der Waals surface area contributed by atoms with Gasteiger partial charge in [0.25, 0.3) is 11.5 Å². The summed E-state index contributed by atoms with van der Waals surface area (Å²) in [6, 6.07) is 7.29. The van der Waals surface area contributed by atoms with E-state index in [1.165, 1.54) is 4.68 Å². The minimum atomic E-state index is -0.215. The fourth-order valence-electron chi connectivity index (χ4n) is 2.62. The Kier molecular flexibility index (Phi) is 5.53. The number of fused-ring (bicyclic) bond motifs is 1. The Bertz CT molecular complexity index is 746. The molecule has 0 aliphatic heterocycles. The monoisotopic (exact) mass is 315 g/mol. The molecule has 1 aromatic carbocycles. The largest absolute Gasteiger partial charge is 0.348 e. The van der Waals surface area contributed by atoms with Gasteiger partial charge in [0.15, 0.2) is 5.69 Å². The molecule has 0 spiro atoms. The highest BCUT2D eigenvalue weighted by Crippen LogP contribution is 2.14. The van der Waals surface area contributed by atoms with Gasteiger partial charge >= 0.3 is 0 Å². The zero-order valence-electron chi connectivity index (χ0n) is 14.3. The van der Waals surface area contributed by atoms with Crippen molar-refractivity contribution in [3.63, 3.8) is 0 Å². The number of hydrogen-bond donors (Lipinski definition) is 1. The molecule has 0 atom stereocenters. The van der Waals surface area contributed by atoms with Gasteiger partial charge in [-0.25, -0.2) is 4.68 Å². The zero-order valence-corrected chi connectivity index (χ0v) is 14.3. The number of nitrogens with zero attached hydrogens (tertiary/aromatic N) is 2. The molecule has 1 heterocycles. The molecule has 5 nitrogen and oxygen atoms in total. The van der Waals surface area contributed by atoms with Gasteiger partial charge in [0.1, 0.15) is 0 Å². The summed E-state index contributed by atoms with van der Waals surface area (Å²) in [6.07, 6.45) is 1.73. The summed E-state index contributed by atoms with van der Waals surface area (Å²) in [4.78, 5) is 25.2. The lowest BCUT2D eigenvalue weighted by molar-refractivity contribution is 0.0929. The molecule has 0 unspecified atom stereocenters. The molecule has 0 saturated carbocycles. The predicted octanol–water partition coefficient (Wildman–Crippen LogP) is 2.97. The van der Waals surface area contributed by atoms with Gasteiger partial charge in [0.2, 0.25) is 0 Å². The molecular formula is C18H25N3O2. The lowest BCUT2D eigenvalue weighted by Gasteiger charge is -2.16. The van der Waals surface area contributed by atoms with Crippen LogP contribution in [-0.4, -0.2) is 21.7 Å². The van der Waals surface area contributed by atoms with Gasteiger partial charge < -0.3 is 5.32 Å². The number of aromatic nitrogens is 2. The molecule has 0 fully saturated rings. The lowest BCUT2D eigenvalue weighted by atomic mass is 10.1. The molecule has 0 aliphatic carbocycles. The van der Waals surface area contributed by atoms with E-state index in [9.17, 15) is 9.59 Å². The Labute approximate surface area is 136 Å². The molecule has 0 aliphatic rings. The molecule has 2 rings (SSSR count). The lowest BCUT2D eigenvalue weighted by Crippen LogP contribution is -2.36. The van der Waals surface area contributed by atoms with Gasteiger partial charge in [-0.05, 0) is 24.8 Å². The fraction of sp³-hybridized carbons (Fsp3) is 0.500. The molecule has 0 radical (unpaired) electrons. The summed E-state index contributed by atoms with van der Waals surface area (Å²) >= 11 is 0. The van der Waals surface area contributed by atoms with Crippen LogP contribution in [0.15, 0.2) is 29.1 Å². The quantitative estimate of drug-likeness (QED) is 0.891. The highest BCUT2D eigenvalue weighted by molar-refractivity contribution is 6.04. The van der Waals surface area contributed by atoms with Crippen molar-refractivity contribution < 1.29 is 4.79 Å². The van der Waals surface area contributed by atoms with Crippen molar-refractivity contribution in [2.75, 3.05) is 0 Å². The Balaban J connectivity index is 2.55. The van der Waals surface area contributed by atoms with E-state index >= 15 is 0 Å². The molecule has 1 N–H and O–H groups in total. The number of nitrogens with one attached hydrogen (secondary N) is 1. The van der Waals surface area contributed by atoms with E-state index in [4.69, 9.17) is 0 Å². The number of amides is 1. The molecule has 2 aromatic rings. The summed E-state index contributed by atoms with van der Waals surface area (Å²) in [6.45, 7) is 8.62. The SMILES string of the molecule is CCC(CC)NC(=O)c1nn(CC(C)C)c(=O)c2ccccc12. The topological polar surface area (TPSA) is 64.0 Å². The van der Waals surface area contributed by atoms with Crippen molar-refractivity contribution in [1.82, 2.24) is 15.1 Å². The maximum Gasteiger partial charge on any atom is 0.274 e. The third-order valence-corrected chi connectivity index (χ3v) is 3.94. The Morgan fingerprint density at radius 2 is 1.78 bits per heavy atom. The third-order valence-electron chi connectivity index (χ3n) is 3.94. The number of rotatable bonds is 6. The Morgan fingerprint density at radius 1 is 1.17 bits per heavy atom. The van der Waals surface area contributed by atoms with E-state index in [-0.39, 0.29) is 23.4 Å². The highest BCUT2D eigenvalue weighted by atomic mass is 16.2. The Morgan fingerprint density at radius 3 is 2.35 bits per heavy atom. The van der Waals surface area contributed by atoms with Gasteiger partial charge in [0, 0.05) is 18.0 Å². The molecule has 23 heavy (non-hydrogen) atoms. The smallest absolute Gasteiger partial charge is 0.274 e. The second-order valence-corrected chi connectivity index (χ2v) is 6.26. The van der Waals surface area contributed by atoms with Crippen LogP contribution in [0.25, 0.3) is 10.8 Å². The molecular weight excluding hydrogens is 290 g/mol. The second kappa shape index (κ2) is 7.40. The molecule has 0 saturated heterocycles. The molecule has 0 bridgehead atoms. The van der Waals surface area contributed by atoms with E-state index in [0.29, 0.717) is 23.0 Å². The molecule has 1 amide bonds. The van der Waals surface area contributed by atoms with Crippen LogP contribution in [0.1, 0.15) is 51.0 Å². The van der Waals surface area contributed by atoms with Gasteiger partial charge in [-0.1, -0.05) is 45.9 Å². The first-order valence-electron chi connectivity index (χ1n) is 8.28. The summed E-state index contributed by atoms with van der Waals surface area (Å²) in [5, 5.41) is 8.51. The van der Waals surface area contributed by atoms with E-state index in [2.05, 4.69) is 10.4 Å². The van der Waals surface area contributed by atoms with Gasteiger partial charge in [0.05, 0.1) is 5.39 Å². The van der Waals surface area contributed by atoms with Crippen LogP contribution in [0.4, 0.5) is 0 Å². The summed E-state index contributed by atoms with van der Waals surface area (Å²) in [5.74, 6) is 0.0590. The van der Waals surface area contributed by atoms with Crippen LogP contribution >= 0.6 is 0 Å². The number of hydrogen-bond acceptors (Lipinski definition) is 3. The summed E-state index contributed by atoms with van der Waals surface area (Å²) in [5.41, 5.74) is 0.182. The van der Waals surface area contributed by atoms with E-state index in [1.54, 1.807) is 12.1 Å². The Hall–Kier alpha value is -2.17. The number of carbonyl (C=O) groups excluding carboxylic acids is 1. The van der Waals surface area contributed by atoms with Gasteiger partial charge in [-0.3, -0.25) is 9.59 Å². The van der Waals surface area contributed by atoms with Gasteiger partial charge in [-0.15, -0.1) is 0 Å². The first-order valence-corrected chi connectivity index (χ1v) is 8.28. The standard InChI is InChI=1S/C18H25N3O2/c1-5-13(6-2)19-17(22)16-14-9-7-8-10-15(14)18(23)21(20-16)11-12(3)4/h7-10,12-13H,5-6,11H2,1-4H3,(H,19,22). The second-order valence-electron chi connectivity index (χ2n) is 6.26. The first kappa shape index (κ1) is 17.2. The predicted molar refractivity (Wildman–Crippen MR) is 92.7 cm³/mol. The minimum absolute atomic E-state index is 0.119.